The van der Waals surface area contributed by atoms with Crippen molar-refractivity contribution in [1.29, 1.82) is 0 Å². The van der Waals surface area contributed by atoms with Gasteiger partial charge < -0.3 is 9.14 Å². The molecule has 2 aliphatic heterocycles. The molecule has 4 rings (SSSR count). The van der Waals surface area contributed by atoms with E-state index in [0.717, 1.165) is 11.3 Å². The Balaban J connectivity index is 1.37. The lowest BCUT2D eigenvalue weighted by molar-refractivity contribution is 0.0683. The van der Waals surface area contributed by atoms with Crippen LogP contribution in [0.3, 0.4) is 0 Å². The minimum absolute atomic E-state index is 0.437. The molecule has 0 aromatic carbocycles. The Labute approximate surface area is 158 Å². The van der Waals surface area contributed by atoms with Crippen LogP contribution >= 0.6 is 11.6 Å². The number of halogens is 1. The molecule has 0 saturated carbocycles. The lowest BCUT2D eigenvalue weighted by Gasteiger charge is -2.37. The van der Waals surface area contributed by atoms with Crippen molar-refractivity contribution in [1.82, 2.24) is 22.9 Å². The number of rotatable bonds is 4. The highest BCUT2D eigenvalue weighted by Crippen LogP contribution is 2.16. The Kier molecular flexibility index (Phi) is 5.18. The summed E-state index contributed by atoms with van der Waals surface area (Å²) in [5.41, 5.74) is 1.81. The molecule has 2 aromatic rings. The first-order chi connectivity index (χ1) is 12.5. The molecule has 8 nitrogen and oxygen atoms in total. The molecule has 4 heterocycles. The van der Waals surface area contributed by atoms with Gasteiger partial charge in [0.15, 0.2) is 0 Å². The van der Waals surface area contributed by atoms with Crippen molar-refractivity contribution in [2.45, 2.75) is 6.54 Å². The van der Waals surface area contributed by atoms with E-state index < -0.39 is 10.2 Å². The highest BCUT2D eigenvalue weighted by atomic mass is 35.5. The molecule has 2 saturated heterocycles. The minimum atomic E-state index is -3.38. The van der Waals surface area contributed by atoms with Crippen LogP contribution < -0.4 is 0 Å². The van der Waals surface area contributed by atoms with E-state index in [1.165, 1.54) is 4.31 Å². The Morgan fingerprint density at radius 2 is 1.69 bits per heavy atom. The number of hydrogen-bond donors (Lipinski definition) is 0. The van der Waals surface area contributed by atoms with Crippen molar-refractivity contribution in [3.05, 3.63) is 35.2 Å². The molecule has 0 unspecified atom stereocenters. The molecule has 0 radical (unpaired) electrons. The van der Waals surface area contributed by atoms with Gasteiger partial charge >= 0.3 is 0 Å². The molecule has 2 aromatic heterocycles. The van der Waals surface area contributed by atoms with Crippen LogP contribution in [-0.2, 0) is 21.5 Å². The van der Waals surface area contributed by atoms with Gasteiger partial charge in [-0.2, -0.15) is 17.0 Å². The molecular formula is C16H22ClN5O3S. The maximum atomic E-state index is 12.7. The van der Waals surface area contributed by atoms with Gasteiger partial charge in [0, 0.05) is 58.2 Å². The maximum Gasteiger partial charge on any atom is 0.282 e. The van der Waals surface area contributed by atoms with Crippen LogP contribution in [0.15, 0.2) is 24.5 Å². The number of pyridine rings is 1. The van der Waals surface area contributed by atoms with E-state index in [4.69, 9.17) is 16.3 Å². The predicted octanol–water partition coefficient (Wildman–Crippen LogP) is 0.682. The number of imidazole rings is 1. The van der Waals surface area contributed by atoms with Crippen LogP contribution in [0.25, 0.3) is 5.65 Å². The summed E-state index contributed by atoms with van der Waals surface area (Å²) in [6.07, 6.45) is 3.80. The Bertz CT molecular complexity index is 873. The van der Waals surface area contributed by atoms with Crippen LogP contribution in [0.5, 0.6) is 0 Å². The first-order valence-electron chi connectivity index (χ1n) is 8.71. The third kappa shape index (κ3) is 3.73. The third-order valence-corrected chi connectivity index (χ3v) is 7.06. The van der Waals surface area contributed by atoms with Crippen LogP contribution in [-0.4, -0.2) is 83.8 Å². The largest absolute Gasteiger partial charge is 0.379 e. The fraction of sp³-hybridized carbons (Fsp3) is 0.562. The fourth-order valence-corrected chi connectivity index (χ4v) is 5.11. The van der Waals surface area contributed by atoms with Gasteiger partial charge in [-0.15, -0.1) is 0 Å². The monoisotopic (exact) mass is 399 g/mol. The topological polar surface area (TPSA) is 70.4 Å². The Morgan fingerprint density at radius 3 is 2.42 bits per heavy atom. The zero-order valence-electron chi connectivity index (χ0n) is 14.4. The highest BCUT2D eigenvalue weighted by Gasteiger charge is 2.33. The number of piperazine rings is 1. The number of fused-ring (bicyclic) bond motifs is 1. The zero-order chi connectivity index (χ0) is 18.1. The molecule has 0 N–H and O–H groups in total. The smallest absolute Gasteiger partial charge is 0.282 e. The van der Waals surface area contributed by atoms with E-state index in [1.54, 1.807) is 4.31 Å². The molecule has 0 spiro atoms. The summed E-state index contributed by atoms with van der Waals surface area (Å²) in [5.74, 6) is 0. The van der Waals surface area contributed by atoms with Gasteiger partial charge in [-0.3, -0.25) is 4.90 Å². The molecule has 2 fully saturated rings. The summed E-state index contributed by atoms with van der Waals surface area (Å²) < 4.78 is 35.7. The number of nitrogens with zero attached hydrogens (tertiary/aromatic N) is 5. The van der Waals surface area contributed by atoms with Crippen LogP contribution in [0, 0.1) is 0 Å². The van der Waals surface area contributed by atoms with Crippen LogP contribution in [0.4, 0.5) is 0 Å². The van der Waals surface area contributed by atoms with Crippen molar-refractivity contribution in [2.75, 3.05) is 52.5 Å². The van der Waals surface area contributed by atoms with E-state index in [-0.39, 0.29) is 0 Å². The number of ether oxygens (including phenoxy) is 1. The van der Waals surface area contributed by atoms with E-state index >= 15 is 0 Å². The van der Waals surface area contributed by atoms with Gasteiger partial charge in [0.25, 0.3) is 10.2 Å². The highest BCUT2D eigenvalue weighted by molar-refractivity contribution is 7.86. The molecule has 0 amide bonds. The second-order valence-electron chi connectivity index (χ2n) is 6.54. The molecule has 10 heteroatoms. The zero-order valence-corrected chi connectivity index (χ0v) is 16.0. The SMILES string of the molecule is O=S(=O)(N1CCOCC1)N1CCN(Cc2cn3cc(Cl)ccc3n2)CC1. The Hall–Kier alpha value is -1.23. The van der Waals surface area contributed by atoms with Gasteiger partial charge in [0.1, 0.15) is 5.65 Å². The van der Waals surface area contributed by atoms with E-state index in [9.17, 15) is 8.42 Å². The summed E-state index contributed by atoms with van der Waals surface area (Å²) in [7, 11) is -3.38. The normalized spacial score (nSPS) is 21.4. The quantitative estimate of drug-likeness (QED) is 0.756. The predicted molar refractivity (Wildman–Crippen MR) is 98.4 cm³/mol. The van der Waals surface area contributed by atoms with Gasteiger partial charge in [0.2, 0.25) is 0 Å². The first kappa shape index (κ1) is 18.1. The molecule has 0 bridgehead atoms. The fourth-order valence-electron chi connectivity index (χ4n) is 3.38. The van der Waals surface area contributed by atoms with E-state index in [1.807, 2.05) is 28.9 Å². The average Bonchev–Trinajstić information content (AvgIpc) is 3.04. The lowest BCUT2D eigenvalue weighted by Crippen LogP contribution is -2.54. The van der Waals surface area contributed by atoms with Crippen molar-refractivity contribution >= 4 is 27.5 Å². The van der Waals surface area contributed by atoms with Gasteiger partial charge in [-0.1, -0.05) is 11.6 Å². The van der Waals surface area contributed by atoms with Gasteiger partial charge in [-0.25, -0.2) is 4.98 Å². The molecule has 0 aliphatic carbocycles. The average molecular weight is 400 g/mol. The second-order valence-corrected chi connectivity index (χ2v) is 8.90. The molecule has 142 valence electrons. The standard InChI is InChI=1S/C16H22ClN5O3S/c17-14-1-2-16-18-15(13-20(16)11-14)12-19-3-5-21(6-4-19)26(23,24)22-7-9-25-10-8-22/h1-2,11,13H,3-10,12H2. The minimum Gasteiger partial charge on any atom is -0.379 e. The summed E-state index contributed by atoms with van der Waals surface area (Å²) in [5, 5.41) is 0.670. The number of hydrogen-bond acceptors (Lipinski definition) is 5. The number of morpholine rings is 1. The van der Waals surface area contributed by atoms with Crippen molar-refractivity contribution in [3.8, 4) is 0 Å². The number of aromatic nitrogens is 2. The molecule has 0 atom stereocenters. The summed E-state index contributed by atoms with van der Waals surface area (Å²) in [4.78, 5) is 6.83. The lowest BCUT2D eigenvalue weighted by atomic mass is 10.3. The van der Waals surface area contributed by atoms with Crippen molar-refractivity contribution < 1.29 is 13.2 Å². The van der Waals surface area contributed by atoms with Crippen molar-refractivity contribution in [2.24, 2.45) is 0 Å². The summed E-state index contributed by atoms with van der Waals surface area (Å²) in [6, 6.07) is 3.71. The van der Waals surface area contributed by atoms with E-state index in [2.05, 4.69) is 9.88 Å². The Morgan fingerprint density at radius 1 is 1.00 bits per heavy atom. The molecule has 2 aliphatic rings. The van der Waals surface area contributed by atoms with Crippen LogP contribution in [0.2, 0.25) is 5.02 Å². The van der Waals surface area contributed by atoms with Gasteiger partial charge in [-0.05, 0) is 12.1 Å². The van der Waals surface area contributed by atoms with Gasteiger partial charge in [0.05, 0.1) is 23.9 Å². The van der Waals surface area contributed by atoms with Crippen molar-refractivity contribution in [3.63, 3.8) is 0 Å². The maximum absolute atomic E-state index is 12.7. The first-order valence-corrected chi connectivity index (χ1v) is 10.5. The molecule has 26 heavy (non-hydrogen) atoms. The molecular weight excluding hydrogens is 378 g/mol. The third-order valence-electron chi connectivity index (χ3n) is 4.80. The second kappa shape index (κ2) is 7.41. The summed E-state index contributed by atoms with van der Waals surface area (Å²) >= 11 is 6.01. The summed E-state index contributed by atoms with van der Waals surface area (Å²) in [6.45, 7) is 4.89. The van der Waals surface area contributed by atoms with E-state index in [0.29, 0.717) is 64.0 Å². The van der Waals surface area contributed by atoms with Crippen LogP contribution in [0.1, 0.15) is 5.69 Å².